The average molecular weight is 364 g/mol. The highest BCUT2D eigenvalue weighted by atomic mass is 19.4. The molecule has 0 saturated heterocycles. The van der Waals surface area contributed by atoms with Crippen LogP contribution in [0.5, 0.6) is 0 Å². The van der Waals surface area contributed by atoms with E-state index in [-0.39, 0.29) is 18.5 Å². The summed E-state index contributed by atoms with van der Waals surface area (Å²) in [5.74, 6) is 0. The third-order valence-corrected chi connectivity index (χ3v) is 4.96. The van der Waals surface area contributed by atoms with Gasteiger partial charge in [0.1, 0.15) is 0 Å². The van der Waals surface area contributed by atoms with Crippen LogP contribution in [0.25, 0.3) is 0 Å². The summed E-state index contributed by atoms with van der Waals surface area (Å²) in [4.78, 5) is 13.2. The topological polar surface area (TPSA) is 58.9 Å². The zero-order valence-corrected chi connectivity index (χ0v) is 14.1. The van der Waals surface area contributed by atoms with Crippen molar-refractivity contribution < 1.29 is 18.1 Å². The fourth-order valence-corrected chi connectivity index (χ4v) is 3.48. The van der Waals surface area contributed by atoms with Crippen molar-refractivity contribution >= 4 is 0 Å². The van der Waals surface area contributed by atoms with Crippen molar-refractivity contribution in [2.24, 2.45) is 0 Å². The predicted molar refractivity (Wildman–Crippen MR) is 91.7 cm³/mol. The van der Waals surface area contributed by atoms with Gasteiger partial charge in [-0.05, 0) is 36.5 Å². The van der Waals surface area contributed by atoms with E-state index >= 15 is 0 Å². The van der Waals surface area contributed by atoms with Gasteiger partial charge in [-0.2, -0.15) is 13.2 Å². The molecule has 1 aliphatic carbocycles. The maximum atomic E-state index is 14.1. The number of halogens is 3. The molecule has 1 aromatic carbocycles. The molecule has 1 unspecified atom stereocenters. The molecule has 0 saturated carbocycles. The average Bonchev–Trinajstić information content (AvgIpc) is 3.02. The Morgan fingerprint density at radius 2 is 1.81 bits per heavy atom. The first kappa shape index (κ1) is 18.2. The van der Waals surface area contributed by atoms with Crippen LogP contribution in [0.2, 0.25) is 0 Å². The van der Waals surface area contributed by atoms with Gasteiger partial charge >= 0.3 is 6.18 Å². The van der Waals surface area contributed by atoms with Crippen molar-refractivity contribution in [3.05, 3.63) is 81.2 Å². The van der Waals surface area contributed by atoms with Crippen molar-refractivity contribution in [2.75, 3.05) is 6.54 Å². The van der Waals surface area contributed by atoms with Crippen LogP contribution in [0.3, 0.4) is 0 Å². The number of fused-ring (bicyclic) bond motifs is 1. The molecule has 26 heavy (non-hydrogen) atoms. The van der Waals surface area contributed by atoms with Crippen molar-refractivity contribution in [3.8, 4) is 0 Å². The summed E-state index contributed by atoms with van der Waals surface area (Å²) >= 11 is 0. The van der Waals surface area contributed by atoms with Crippen LogP contribution in [0.15, 0.2) is 48.6 Å². The Kier molecular flexibility index (Phi) is 4.89. The lowest BCUT2D eigenvalue weighted by molar-refractivity contribution is -0.502. The Hall–Kier alpha value is -2.57. The van der Waals surface area contributed by atoms with E-state index in [1.54, 1.807) is 30.3 Å². The molecule has 4 nitrogen and oxygen atoms in total. The fraction of sp³-hybridized carbons (Fsp3) is 0.368. The molecule has 138 valence electrons. The molecule has 1 aliphatic rings. The van der Waals surface area contributed by atoms with Gasteiger partial charge < -0.3 is 4.98 Å². The molecule has 0 bridgehead atoms. The monoisotopic (exact) mass is 364 g/mol. The van der Waals surface area contributed by atoms with Gasteiger partial charge in [-0.25, -0.2) is 0 Å². The minimum Gasteiger partial charge on any atom is -0.361 e. The number of aromatic amines is 1. The van der Waals surface area contributed by atoms with E-state index in [4.69, 9.17) is 0 Å². The second-order valence-electron chi connectivity index (χ2n) is 6.62. The number of hydrogen-bond donors (Lipinski definition) is 1. The first-order chi connectivity index (χ1) is 12.3. The number of alkyl halides is 3. The van der Waals surface area contributed by atoms with E-state index in [9.17, 15) is 23.3 Å². The van der Waals surface area contributed by atoms with Gasteiger partial charge in [0.2, 0.25) is 6.54 Å². The molecule has 0 radical (unpaired) electrons. The van der Waals surface area contributed by atoms with E-state index in [1.807, 2.05) is 12.2 Å². The van der Waals surface area contributed by atoms with Crippen LogP contribution >= 0.6 is 0 Å². The lowest BCUT2D eigenvalue weighted by Gasteiger charge is -2.31. The highest BCUT2D eigenvalue weighted by Crippen LogP contribution is 2.45. The molecule has 0 aliphatic heterocycles. The maximum absolute atomic E-state index is 14.1. The fourth-order valence-electron chi connectivity index (χ4n) is 3.48. The molecule has 1 aromatic heterocycles. The number of rotatable bonds is 6. The van der Waals surface area contributed by atoms with Crippen LogP contribution in [-0.4, -0.2) is 22.6 Å². The third kappa shape index (κ3) is 3.52. The normalized spacial score (nSPS) is 16.1. The summed E-state index contributed by atoms with van der Waals surface area (Å²) in [5.41, 5.74) is -0.434. The highest BCUT2D eigenvalue weighted by molar-refractivity contribution is 5.37. The summed E-state index contributed by atoms with van der Waals surface area (Å²) in [6.45, 7) is -1.18. The van der Waals surface area contributed by atoms with Crippen molar-refractivity contribution in [3.63, 3.8) is 0 Å². The molecule has 2 aromatic rings. The van der Waals surface area contributed by atoms with E-state index in [1.165, 1.54) is 6.07 Å². The number of nitrogens with one attached hydrogen (secondary N) is 1. The number of nitro groups is 1. The Morgan fingerprint density at radius 3 is 2.42 bits per heavy atom. The number of hydrogen-bond acceptors (Lipinski definition) is 2. The predicted octanol–water partition coefficient (Wildman–Crippen LogP) is 4.38. The SMILES string of the molecule is O=[N+]([O-])CC(CCc1ccccc1)(c1cc2c([nH]1)CC=CC2)C(F)(F)F. The van der Waals surface area contributed by atoms with E-state index in [0.29, 0.717) is 18.5 Å². The minimum atomic E-state index is -4.74. The minimum absolute atomic E-state index is 0.105. The molecule has 1 heterocycles. The summed E-state index contributed by atoms with van der Waals surface area (Å²) in [7, 11) is 0. The summed E-state index contributed by atoms with van der Waals surface area (Å²) in [6, 6.07) is 10.2. The number of aromatic nitrogens is 1. The van der Waals surface area contributed by atoms with Gasteiger partial charge in [0, 0.05) is 22.7 Å². The molecule has 3 rings (SSSR count). The van der Waals surface area contributed by atoms with Crippen LogP contribution < -0.4 is 0 Å². The molecule has 1 N–H and O–H groups in total. The van der Waals surface area contributed by atoms with E-state index in [0.717, 1.165) is 11.1 Å². The summed E-state index contributed by atoms with van der Waals surface area (Å²) in [6.07, 6.45) is -0.181. The van der Waals surface area contributed by atoms with Crippen LogP contribution in [0, 0.1) is 10.1 Å². The first-order valence-corrected chi connectivity index (χ1v) is 8.40. The van der Waals surface area contributed by atoms with Crippen molar-refractivity contribution in [1.82, 2.24) is 4.98 Å². The second-order valence-corrected chi connectivity index (χ2v) is 6.62. The van der Waals surface area contributed by atoms with Crippen molar-refractivity contribution in [1.29, 1.82) is 0 Å². The Bertz CT molecular complexity index is 786. The van der Waals surface area contributed by atoms with Crippen molar-refractivity contribution in [2.45, 2.75) is 37.3 Å². The zero-order valence-electron chi connectivity index (χ0n) is 14.1. The van der Waals surface area contributed by atoms with Gasteiger partial charge in [-0.1, -0.05) is 42.5 Å². The molecular formula is C19H19F3N2O2. The van der Waals surface area contributed by atoms with Crippen LogP contribution in [-0.2, 0) is 24.7 Å². The number of aryl methyl sites for hydroxylation is 1. The van der Waals surface area contributed by atoms with E-state index < -0.39 is 23.1 Å². The quantitative estimate of drug-likeness (QED) is 0.470. The van der Waals surface area contributed by atoms with Gasteiger partial charge in [-0.3, -0.25) is 10.1 Å². The largest absolute Gasteiger partial charge is 0.406 e. The zero-order chi connectivity index (χ0) is 18.8. The standard InChI is InChI=1S/C19H19F3N2O2/c20-19(21,22)18(13-24(25)26,11-10-14-6-2-1-3-7-14)17-12-15-8-4-5-9-16(15)23-17/h1-7,12,23H,8-11,13H2. The van der Waals surface area contributed by atoms with Crippen LogP contribution in [0.4, 0.5) is 13.2 Å². The van der Waals surface area contributed by atoms with Gasteiger partial charge in [-0.15, -0.1) is 0 Å². The third-order valence-electron chi connectivity index (χ3n) is 4.96. The smallest absolute Gasteiger partial charge is 0.361 e. The highest BCUT2D eigenvalue weighted by Gasteiger charge is 2.60. The molecular weight excluding hydrogens is 345 g/mol. The summed E-state index contributed by atoms with van der Waals surface area (Å²) in [5, 5.41) is 11.2. The molecule has 1 atom stereocenters. The molecule has 7 heteroatoms. The molecule has 0 amide bonds. The molecule has 0 spiro atoms. The maximum Gasteiger partial charge on any atom is 0.406 e. The van der Waals surface area contributed by atoms with E-state index in [2.05, 4.69) is 4.98 Å². The number of allylic oxidation sites excluding steroid dienone is 2. The number of H-pyrrole nitrogens is 1. The number of benzene rings is 1. The lowest BCUT2D eigenvalue weighted by Crippen LogP contribution is -2.48. The lowest BCUT2D eigenvalue weighted by atomic mass is 9.78. The molecule has 0 fully saturated rings. The van der Waals surface area contributed by atoms with Gasteiger partial charge in [0.25, 0.3) is 0 Å². The van der Waals surface area contributed by atoms with Gasteiger partial charge in [0.15, 0.2) is 5.41 Å². The van der Waals surface area contributed by atoms with Gasteiger partial charge in [0.05, 0.1) is 0 Å². The number of nitrogens with zero attached hydrogens (tertiary/aromatic N) is 1. The Morgan fingerprint density at radius 1 is 1.12 bits per heavy atom. The van der Waals surface area contributed by atoms with Crippen LogP contribution in [0.1, 0.15) is 28.9 Å². The second kappa shape index (κ2) is 6.97. The Labute approximate surface area is 148 Å². The summed E-state index contributed by atoms with van der Waals surface area (Å²) < 4.78 is 42.4. The Balaban J connectivity index is 2.01. The first-order valence-electron chi connectivity index (χ1n) is 8.40.